The van der Waals surface area contributed by atoms with Crippen LogP contribution in [0.25, 0.3) is 0 Å². The third-order valence-corrected chi connectivity index (χ3v) is 4.04. The predicted octanol–water partition coefficient (Wildman–Crippen LogP) is 1.62. The highest BCUT2D eigenvalue weighted by atomic mass is 32.1. The number of amides is 1. The lowest BCUT2D eigenvalue weighted by Gasteiger charge is -2.22. The smallest absolute Gasteiger partial charge is 0.231 e. The predicted molar refractivity (Wildman–Crippen MR) is 61.3 cm³/mol. The zero-order valence-corrected chi connectivity index (χ0v) is 10.4. The van der Waals surface area contributed by atoms with Gasteiger partial charge in [-0.25, -0.2) is 4.98 Å². The van der Waals surface area contributed by atoms with Crippen LogP contribution in [0.15, 0.2) is 0 Å². The summed E-state index contributed by atoms with van der Waals surface area (Å²) in [4.78, 5) is 29.9. The van der Waals surface area contributed by atoms with Gasteiger partial charge < -0.3 is 4.90 Å². The second-order valence-corrected chi connectivity index (χ2v) is 5.33. The van der Waals surface area contributed by atoms with Crippen molar-refractivity contribution in [1.29, 1.82) is 0 Å². The van der Waals surface area contributed by atoms with Crippen molar-refractivity contribution in [3.63, 3.8) is 0 Å². The summed E-state index contributed by atoms with van der Waals surface area (Å²) in [5, 5.41) is 0.998. The zero-order chi connectivity index (χ0) is 11.9. The molecule has 0 saturated carbocycles. The lowest BCUT2D eigenvalue weighted by atomic mass is 10.2. The van der Waals surface area contributed by atoms with Gasteiger partial charge in [0.15, 0.2) is 5.78 Å². The minimum absolute atomic E-state index is 0.00994. The Morgan fingerprint density at radius 1 is 1.38 bits per heavy atom. The molecule has 1 atom stereocenters. The summed E-state index contributed by atoms with van der Waals surface area (Å²) in [6, 6.07) is -0.0369. The van der Waals surface area contributed by atoms with Gasteiger partial charge in [-0.3, -0.25) is 9.59 Å². The number of likely N-dealkylation sites (tertiary alicyclic amines) is 1. The molecule has 1 saturated heterocycles. The molecule has 1 aromatic heterocycles. The summed E-state index contributed by atoms with van der Waals surface area (Å²) >= 11 is 1.60. The van der Waals surface area contributed by atoms with Gasteiger partial charge in [0.05, 0.1) is 29.7 Å². The van der Waals surface area contributed by atoms with E-state index < -0.39 is 0 Å². The molecular formula is C11H14N2O2S. The number of thiazole rings is 1. The Bertz CT molecular complexity index is 453. The van der Waals surface area contributed by atoms with Gasteiger partial charge in [-0.1, -0.05) is 0 Å². The maximum absolute atomic E-state index is 11.6. The van der Waals surface area contributed by atoms with Crippen molar-refractivity contribution in [2.45, 2.75) is 33.2 Å². The van der Waals surface area contributed by atoms with E-state index in [9.17, 15) is 9.59 Å². The number of hydrogen-bond donors (Lipinski definition) is 0. The van der Waals surface area contributed by atoms with Crippen LogP contribution in [0, 0.1) is 13.8 Å². The van der Waals surface area contributed by atoms with Gasteiger partial charge in [-0.2, -0.15) is 0 Å². The van der Waals surface area contributed by atoms with E-state index in [1.165, 1.54) is 0 Å². The first-order valence-electron chi connectivity index (χ1n) is 5.24. The summed E-state index contributed by atoms with van der Waals surface area (Å²) in [7, 11) is 0. The summed E-state index contributed by atoms with van der Waals surface area (Å²) in [5.74, 6) is -0.0568. The number of ketones is 1. The van der Waals surface area contributed by atoms with Gasteiger partial charge in [0.1, 0.15) is 0 Å². The molecule has 0 aliphatic carbocycles. The van der Waals surface area contributed by atoms with Gasteiger partial charge in [0.2, 0.25) is 5.91 Å². The largest absolute Gasteiger partial charge is 0.327 e. The van der Waals surface area contributed by atoms with E-state index in [4.69, 9.17) is 0 Å². The minimum Gasteiger partial charge on any atom is -0.327 e. The Balaban J connectivity index is 2.25. The van der Waals surface area contributed by atoms with Crippen LogP contribution >= 0.6 is 11.3 Å². The molecule has 0 aromatic carbocycles. The van der Waals surface area contributed by atoms with Crippen LogP contribution < -0.4 is 0 Å². The van der Waals surface area contributed by atoms with Crippen molar-refractivity contribution < 1.29 is 9.59 Å². The van der Waals surface area contributed by atoms with Gasteiger partial charge >= 0.3 is 0 Å². The van der Waals surface area contributed by atoms with Crippen molar-refractivity contribution in [2.75, 3.05) is 6.54 Å². The number of carbonyl (C=O) groups is 2. The summed E-state index contributed by atoms with van der Waals surface area (Å²) in [5.41, 5.74) is 0.960. The number of hydrogen-bond acceptors (Lipinski definition) is 4. The molecule has 1 unspecified atom stereocenters. The van der Waals surface area contributed by atoms with Crippen LogP contribution in [0.4, 0.5) is 0 Å². The topological polar surface area (TPSA) is 50.3 Å². The first-order chi connectivity index (χ1) is 7.49. The van der Waals surface area contributed by atoms with E-state index >= 15 is 0 Å². The maximum Gasteiger partial charge on any atom is 0.231 e. The van der Waals surface area contributed by atoms with E-state index in [1.54, 1.807) is 16.2 Å². The van der Waals surface area contributed by atoms with E-state index in [1.807, 2.05) is 20.8 Å². The zero-order valence-electron chi connectivity index (χ0n) is 9.61. The molecule has 1 aliphatic heterocycles. The standard InChI is InChI=1S/C11H14N2O2S/c1-6-11(16-8(3)12-6)7(2)13-5-9(14)4-10(13)15/h7H,4-5H2,1-3H3. The molecule has 0 bridgehead atoms. The normalized spacial score (nSPS) is 18.3. The Morgan fingerprint density at radius 2 is 2.06 bits per heavy atom. The summed E-state index contributed by atoms with van der Waals surface area (Å²) < 4.78 is 0. The van der Waals surface area contributed by atoms with E-state index in [0.29, 0.717) is 0 Å². The second-order valence-electron chi connectivity index (χ2n) is 4.10. The van der Waals surface area contributed by atoms with Crippen LogP contribution in [-0.4, -0.2) is 28.1 Å². The van der Waals surface area contributed by atoms with Crippen LogP contribution in [0.5, 0.6) is 0 Å². The van der Waals surface area contributed by atoms with Crippen molar-refractivity contribution in [1.82, 2.24) is 9.88 Å². The minimum atomic E-state index is -0.0667. The van der Waals surface area contributed by atoms with Gasteiger partial charge in [-0.05, 0) is 20.8 Å². The van der Waals surface area contributed by atoms with E-state index in [-0.39, 0.29) is 30.7 Å². The van der Waals surface area contributed by atoms with Gasteiger partial charge in [0.25, 0.3) is 0 Å². The van der Waals surface area contributed by atoms with E-state index in [2.05, 4.69) is 4.98 Å². The van der Waals surface area contributed by atoms with E-state index in [0.717, 1.165) is 15.6 Å². The van der Waals surface area contributed by atoms with Crippen LogP contribution in [0.2, 0.25) is 0 Å². The van der Waals surface area contributed by atoms with Gasteiger partial charge in [-0.15, -0.1) is 11.3 Å². The lowest BCUT2D eigenvalue weighted by molar-refractivity contribution is -0.129. The summed E-state index contributed by atoms with van der Waals surface area (Å²) in [6.45, 7) is 6.09. The SMILES string of the molecule is Cc1nc(C)c(C(C)N2CC(=O)CC2=O)s1. The fourth-order valence-corrected chi connectivity index (χ4v) is 3.03. The number of carbonyl (C=O) groups excluding carboxylic acids is 2. The van der Waals surface area contributed by atoms with Crippen LogP contribution in [0.3, 0.4) is 0 Å². The number of rotatable bonds is 2. The molecule has 2 rings (SSSR count). The maximum atomic E-state index is 11.6. The quantitative estimate of drug-likeness (QED) is 0.736. The lowest BCUT2D eigenvalue weighted by Crippen LogP contribution is -2.28. The molecule has 0 N–H and O–H groups in total. The van der Waals surface area contributed by atoms with Gasteiger partial charge in [0, 0.05) is 4.88 Å². The third-order valence-electron chi connectivity index (χ3n) is 2.80. The highest BCUT2D eigenvalue weighted by Crippen LogP contribution is 2.30. The number of aryl methyl sites for hydroxylation is 2. The van der Waals surface area contributed by atoms with Crippen LogP contribution in [-0.2, 0) is 9.59 Å². The average Bonchev–Trinajstić information content (AvgIpc) is 2.68. The third kappa shape index (κ3) is 1.87. The van der Waals surface area contributed by atoms with Crippen molar-refractivity contribution in [3.05, 3.63) is 15.6 Å². The average molecular weight is 238 g/mol. The first-order valence-corrected chi connectivity index (χ1v) is 6.05. The highest BCUT2D eigenvalue weighted by Gasteiger charge is 2.32. The molecule has 4 nitrogen and oxygen atoms in total. The molecular weight excluding hydrogens is 224 g/mol. The number of Topliss-reactive ketones (excluding diaryl/α,β-unsaturated/α-hetero) is 1. The van der Waals surface area contributed by atoms with Crippen LogP contribution in [0.1, 0.15) is 35.0 Å². The Hall–Kier alpha value is -1.23. The Kier molecular flexibility index (Phi) is 2.80. The molecule has 1 fully saturated rings. The first kappa shape index (κ1) is 11.3. The highest BCUT2D eigenvalue weighted by molar-refractivity contribution is 7.11. The molecule has 5 heteroatoms. The molecule has 0 radical (unpaired) electrons. The fraction of sp³-hybridized carbons (Fsp3) is 0.545. The molecule has 86 valence electrons. The molecule has 1 aliphatic rings. The molecule has 16 heavy (non-hydrogen) atoms. The van der Waals surface area contributed by atoms with Crippen molar-refractivity contribution in [2.24, 2.45) is 0 Å². The molecule has 1 amide bonds. The second kappa shape index (κ2) is 3.97. The molecule has 1 aromatic rings. The summed E-state index contributed by atoms with van der Waals surface area (Å²) in [6.07, 6.45) is 0.0567. The Morgan fingerprint density at radius 3 is 2.50 bits per heavy atom. The van der Waals surface area contributed by atoms with Crippen molar-refractivity contribution >= 4 is 23.0 Å². The molecule has 0 spiro atoms. The number of nitrogens with zero attached hydrogens (tertiary/aromatic N) is 2. The molecule has 2 heterocycles. The number of aromatic nitrogens is 1. The fourth-order valence-electron chi connectivity index (χ4n) is 2.03. The monoisotopic (exact) mass is 238 g/mol. The van der Waals surface area contributed by atoms with Crippen molar-refractivity contribution in [3.8, 4) is 0 Å². The Labute approximate surface area is 98.3 Å².